The van der Waals surface area contributed by atoms with Crippen molar-refractivity contribution in [3.05, 3.63) is 92.8 Å². The molecule has 0 bridgehead atoms. The smallest absolute Gasteiger partial charge is 0.339 e. The number of nitrogens with zero attached hydrogens (tertiary/aromatic N) is 2. The average molecular weight is 469 g/mol. The third-order valence-electron chi connectivity index (χ3n) is 6.35. The quantitative estimate of drug-likeness (QED) is 0.484. The molecule has 4 rings (SSSR count). The third kappa shape index (κ3) is 5.08. The fraction of sp³-hybridized carbons (Fsp3) is 0.333. The van der Waals surface area contributed by atoms with E-state index in [2.05, 4.69) is 0 Å². The molecule has 2 aromatic carbocycles. The lowest BCUT2D eigenvalue weighted by molar-refractivity contribution is -0.137. The number of amides is 1. The van der Waals surface area contributed by atoms with E-state index in [1.165, 1.54) is 4.57 Å². The second-order valence-corrected chi connectivity index (χ2v) is 8.91. The molecule has 178 valence electrons. The monoisotopic (exact) mass is 468 g/mol. The van der Waals surface area contributed by atoms with Crippen molar-refractivity contribution >= 4 is 5.91 Å². The van der Waals surface area contributed by atoms with Gasteiger partial charge in [0, 0.05) is 24.7 Å². The van der Waals surface area contributed by atoms with E-state index < -0.39 is 17.3 Å². The van der Waals surface area contributed by atoms with Crippen LogP contribution in [0.3, 0.4) is 0 Å². The molecule has 0 atom stereocenters. The second-order valence-electron chi connectivity index (χ2n) is 8.91. The van der Waals surface area contributed by atoms with Crippen LogP contribution in [0.4, 0.5) is 13.2 Å². The molecular weight excluding hydrogens is 441 g/mol. The summed E-state index contributed by atoms with van der Waals surface area (Å²) in [5.41, 5.74) is 2.26. The minimum absolute atomic E-state index is 0.0806. The Morgan fingerprint density at radius 1 is 0.912 bits per heavy atom. The third-order valence-corrected chi connectivity index (χ3v) is 6.35. The number of halogens is 3. The summed E-state index contributed by atoms with van der Waals surface area (Å²) < 4.78 is 41.9. The lowest BCUT2D eigenvalue weighted by Gasteiger charge is -2.26. The van der Waals surface area contributed by atoms with Gasteiger partial charge in [0.1, 0.15) is 0 Å². The van der Waals surface area contributed by atoms with Gasteiger partial charge in [-0.05, 0) is 68.0 Å². The highest BCUT2D eigenvalue weighted by Crippen LogP contribution is 2.32. The number of piperidine rings is 1. The number of hydrogen-bond donors (Lipinski definition) is 0. The van der Waals surface area contributed by atoms with Crippen molar-refractivity contribution < 1.29 is 18.0 Å². The highest BCUT2D eigenvalue weighted by molar-refractivity contribution is 5.94. The van der Waals surface area contributed by atoms with E-state index in [1.54, 1.807) is 29.2 Å². The van der Waals surface area contributed by atoms with Crippen molar-refractivity contribution in [1.29, 1.82) is 0 Å². The van der Waals surface area contributed by atoms with E-state index in [0.717, 1.165) is 42.0 Å². The number of benzene rings is 2. The summed E-state index contributed by atoms with van der Waals surface area (Å²) in [7, 11) is 0. The number of pyridine rings is 1. The van der Waals surface area contributed by atoms with Gasteiger partial charge in [0.25, 0.3) is 11.5 Å². The molecule has 2 heterocycles. The summed E-state index contributed by atoms with van der Waals surface area (Å²) in [5.74, 6) is -0.0806. The van der Waals surface area contributed by atoms with E-state index >= 15 is 0 Å². The molecule has 1 fully saturated rings. The summed E-state index contributed by atoms with van der Waals surface area (Å²) >= 11 is 0. The number of alkyl halides is 3. The standard InChI is InChI=1S/C27H27F3N2O2/c1-18-6-7-22(19(2)14-18)17-32-24(15-23(16-25(32)33)27(28,29)30)20-8-10-21(11-9-20)26(34)31-12-4-3-5-13-31/h6-11,14-16H,3-5,12-13,17H2,1-2H3. The predicted molar refractivity (Wildman–Crippen MR) is 126 cm³/mol. The van der Waals surface area contributed by atoms with Crippen molar-refractivity contribution in [3.8, 4) is 11.3 Å². The molecule has 1 saturated heterocycles. The zero-order valence-electron chi connectivity index (χ0n) is 19.3. The Balaban J connectivity index is 1.75. The molecule has 0 saturated carbocycles. The zero-order chi connectivity index (χ0) is 24.5. The Kier molecular flexibility index (Phi) is 6.64. The van der Waals surface area contributed by atoms with Crippen LogP contribution in [-0.4, -0.2) is 28.5 Å². The van der Waals surface area contributed by atoms with Crippen molar-refractivity contribution in [2.24, 2.45) is 0 Å². The van der Waals surface area contributed by atoms with Gasteiger partial charge in [0.05, 0.1) is 17.8 Å². The lowest BCUT2D eigenvalue weighted by Crippen LogP contribution is -2.35. The first-order valence-electron chi connectivity index (χ1n) is 11.4. The summed E-state index contributed by atoms with van der Waals surface area (Å²) in [6, 6.07) is 13.9. The maximum absolute atomic E-state index is 13.5. The summed E-state index contributed by atoms with van der Waals surface area (Å²) in [6.45, 7) is 5.44. The van der Waals surface area contributed by atoms with Gasteiger partial charge in [-0.25, -0.2) is 0 Å². The first-order valence-corrected chi connectivity index (χ1v) is 11.4. The molecule has 1 aromatic heterocycles. The lowest BCUT2D eigenvalue weighted by atomic mass is 10.0. The van der Waals surface area contributed by atoms with Crippen LogP contribution in [0, 0.1) is 13.8 Å². The Morgan fingerprint density at radius 3 is 2.21 bits per heavy atom. The van der Waals surface area contributed by atoms with Crippen LogP contribution in [0.25, 0.3) is 11.3 Å². The molecule has 0 spiro atoms. The first-order chi connectivity index (χ1) is 16.1. The van der Waals surface area contributed by atoms with E-state index in [-0.39, 0.29) is 18.1 Å². The Bertz CT molecular complexity index is 1250. The van der Waals surface area contributed by atoms with Crippen LogP contribution in [-0.2, 0) is 12.7 Å². The largest absolute Gasteiger partial charge is 0.416 e. The Hall–Kier alpha value is -3.35. The van der Waals surface area contributed by atoms with Crippen molar-refractivity contribution in [2.75, 3.05) is 13.1 Å². The highest BCUT2D eigenvalue weighted by atomic mass is 19.4. The number of carbonyl (C=O) groups is 1. The zero-order valence-corrected chi connectivity index (χ0v) is 19.3. The molecule has 7 heteroatoms. The Morgan fingerprint density at radius 2 is 1.59 bits per heavy atom. The van der Waals surface area contributed by atoms with Gasteiger partial charge < -0.3 is 9.47 Å². The number of aromatic nitrogens is 1. The van der Waals surface area contributed by atoms with Crippen LogP contribution >= 0.6 is 0 Å². The van der Waals surface area contributed by atoms with Gasteiger partial charge in [0.15, 0.2) is 0 Å². The molecule has 0 N–H and O–H groups in total. The maximum Gasteiger partial charge on any atom is 0.416 e. The van der Waals surface area contributed by atoms with E-state index in [1.807, 2.05) is 32.0 Å². The molecule has 1 aliphatic heterocycles. The number of aryl methyl sites for hydroxylation is 2. The van der Waals surface area contributed by atoms with Crippen LogP contribution in [0.1, 0.15) is 51.9 Å². The summed E-state index contributed by atoms with van der Waals surface area (Å²) in [4.78, 5) is 27.4. The minimum Gasteiger partial charge on any atom is -0.339 e. The molecule has 4 nitrogen and oxygen atoms in total. The van der Waals surface area contributed by atoms with Gasteiger partial charge in [-0.2, -0.15) is 13.2 Å². The predicted octanol–water partition coefficient (Wildman–Crippen LogP) is 5.83. The molecule has 0 radical (unpaired) electrons. The molecule has 1 amide bonds. The molecule has 1 aliphatic rings. The molecule has 0 aliphatic carbocycles. The van der Waals surface area contributed by atoms with Gasteiger partial charge in [-0.1, -0.05) is 35.9 Å². The van der Waals surface area contributed by atoms with Crippen molar-refractivity contribution in [3.63, 3.8) is 0 Å². The van der Waals surface area contributed by atoms with Gasteiger partial charge in [0.2, 0.25) is 0 Å². The average Bonchev–Trinajstić information content (AvgIpc) is 2.81. The number of hydrogen-bond acceptors (Lipinski definition) is 2. The fourth-order valence-electron chi connectivity index (χ4n) is 4.42. The highest BCUT2D eigenvalue weighted by Gasteiger charge is 2.32. The fourth-order valence-corrected chi connectivity index (χ4v) is 4.42. The van der Waals surface area contributed by atoms with E-state index in [9.17, 15) is 22.8 Å². The van der Waals surface area contributed by atoms with Crippen molar-refractivity contribution in [1.82, 2.24) is 9.47 Å². The SMILES string of the molecule is Cc1ccc(Cn2c(-c3ccc(C(=O)N4CCCCC4)cc3)cc(C(F)(F)F)cc2=O)c(C)c1. The minimum atomic E-state index is -4.64. The van der Waals surface area contributed by atoms with Crippen LogP contribution in [0.2, 0.25) is 0 Å². The number of carbonyl (C=O) groups excluding carboxylic acids is 1. The topological polar surface area (TPSA) is 42.3 Å². The van der Waals surface area contributed by atoms with Gasteiger partial charge in [-0.15, -0.1) is 0 Å². The van der Waals surface area contributed by atoms with E-state index in [0.29, 0.717) is 30.3 Å². The Labute approximate surface area is 196 Å². The van der Waals surface area contributed by atoms with Crippen LogP contribution in [0.15, 0.2) is 59.4 Å². The van der Waals surface area contributed by atoms with Gasteiger partial charge in [-0.3, -0.25) is 9.59 Å². The molecule has 34 heavy (non-hydrogen) atoms. The van der Waals surface area contributed by atoms with Crippen molar-refractivity contribution in [2.45, 2.75) is 45.8 Å². The number of rotatable bonds is 4. The van der Waals surface area contributed by atoms with E-state index in [4.69, 9.17) is 0 Å². The molecule has 3 aromatic rings. The molecular formula is C27H27F3N2O2. The summed E-state index contributed by atoms with van der Waals surface area (Å²) in [6.07, 6.45) is -1.59. The normalized spacial score (nSPS) is 14.3. The first kappa shape index (κ1) is 23.8. The number of likely N-dealkylation sites (tertiary alicyclic amines) is 1. The second kappa shape index (κ2) is 9.49. The summed E-state index contributed by atoms with van der Waals surface area (Å²) in [5, 5.41) is 0. The maximum atomic E-state index is 13.5. The van der Waals surface area contributed by atoms with Gasteiger partial charge >= 0.3 is 6.18 Å². The van der Waals surface area contributed by atoms with Crippen LogP contribution < -0.4 is 5.56 Å². The molecule has 0 unspecified atom stereocenters. The van der Waals surface area contributed by atoms with Crippen LogP contribution in [0.5, 0.6) is 0 Å².